The summed E-state index contributed by atoms with van der Waals surface area (Å²) < 4.78 is 76.2. The molecule has 3 heterocycles. The van der Waals surface area contributed by atoms with E-state index in [1.807, 2.05) is 4.90 Å². The van der Waals surface area contributed by atoms with Gasteiger partial charge in [-0.1, -0.05) is 0 Å². The van der Waals surface area contributed by atoms with Crippen molar-refractivity contribution in [3.63, 3.8) is 0 Å². The molecule has 2 aromatic rings. The van der Waals surface area contributed by atoms with E-state index in [1.165, 1.54) is 12.1 Å². The van der Waals surface area contributed by atoms with Crippen molar-refractivity contribution < 1.29 is 31.1 Å². The van der Waals surface area contributed by atoms with E-state index in [0.717, 1.165) is 18.5 Å². The second kappa shape index (κ2) is 9.17. The fraction of sp³-hybridized carbons (Fsp3) is 0.300. The van der Waals surface area contributed by atoms with Gasteiger partial charge in [0, 0.05) is 37.7 Å². The van der Waals surface area contributed by atoms with Crippen LogP contribution in [0.3, 0.4) is 0 Å². The minimum atomic E-state index is -4.80. The number of pyridine rings is 2. The molecule has 0 unspecified atom stereocenters. The van der Waals surface area contributed by atoms with Gasteiger partial charge in [-0.3, -0.25) is 20.1 Å². The molecule has 1 aliphatic rings. The first-order chi connectivity index (χ1) is 15.3. The van der Waals surface area contributed by atoms with Gasteiger partial charge in [0.15, 0.2) is 0 Å². The lowest BCUT2D eigenvalue weighted by Gasteiger charge is -2.29. The molecule has 7 nitrogen and oxygen atoms in total. The van der Waals surface area contributed by atoms with Gasteiger partial charge in [0.1, 0.15) is 17.1 Å². The maximum absolute atomic E-state index is 12.9. The number of carbonyl (C=O) groups excluding carboxylic acids is 1. The Hall–Kier alpha value is -3.48. The third-order valence-corrected chi connectivity index (χ3v) is 4.83. The second-order valence-corrected chi connectivity index (χ2v) is 7.24. The lowest BCUT2D eigenvalue weighted by Crippen LogP contribution is -2.32. The highest BCUT2D eigenvalue weighted by molar-refractivity contribution is 5.97. The highest BCUT2D eigenvalue weighted by atomic mass is 19.4. The van der Waals surface area contributed by atoms with Crippen LogP contribution in [0.5, 0.6) is 0 Å². The van der Waals surface area contributed by atoms with Gasteiger partial charge in [-0.2, -0.15) is 26.3 Å². The molecule has 1 aliphatic heterocycles. The van der Waals surface area contributed by atoms with E-state index in [0.29, 0.717) is 41.5 Å². The Morgan fingerprint density at radius 2 is 1.97 bits per heavy atom. The molecule has 0 spiro atoms. The molecule has 1 amide bonds. The third-order valence-electron chi connectivity index (χ3n) is 4.83. The molecule has 13 heteroatoms. The summed E-state index contributed by atoms with van der Waals surface area (Å²) in [5, 5.41) is 9.61. The predicted octanol–water partition coefficient (Wildman–Crippen LogP) is 3.66. The van der Waals surface area contributed by atoms with E-state index in [2.05, 4.69) is 15.3 Å². The molecular weight excluding hydrogens is 454 g/mol. The fourth-order valence-electron chi connectivity index (χ4n) is 3.28. The average Bonchev–Trinajstić information content (AvgIpc) is 2.72. The molecule has 0 aromatic carbocycles. The molecule has 0 saturated carbocycles. The van der Waals surface area contributed by atoms with Crippen LogP contribution in [0.1, 0.15) is 33.0 Å². The van der Waals surface area contributed by atoms with Crippen LogP contribution in [0.25, 0.3) is 0 Å². The molecule has 33 heavy (non-hydrogen) atoms. The number of hydrogen-bond donors (Lipinski definition) is 3. The summed E-state index contributed by atoms with van der Waals surface area (Å²) in [7, 11) is 0. The smallest absolute Gasteiger partial charge is 0.364 e. The van der Waals surface area contributed by atoms with Crippen LogP contribution in [0.15, 0.2) is 36.7 Å². The van der Waals surface area contributed by atoms with Gasteiger partial charge < -0.3 is 11.1 Å². The summed E-state index contributed by atoms with van der Waals surface area (Å²) in [6, 6.07) is 3.72. The SMILES string of the molecule is N=C(/C=C\Nc1cc(C(N)=O)nc2c1CCN(Cc1ccnc(C(F)(F)F)c1)C2)C(F)(F)F. The zero-order chi connectivity index (χ0) is 24.4. The van der Waals surface area contributed by atoms with Gasteiger partial charge in [0.2, 0.25) is 0 Å². The Kier molecular flexibility index (Phi) is 6.72. The van der Waals surface area contributed by atoms with Crippen molar-refractivity contribution in [1.29, 1.82) is 5.41 Å². The van der Waals surface area contributed by atoms with E-state index in [1.54, 1.807) is 0 Å². The number of amides is 1. The highest BCUT2D eigenvalue weighted by Crippen LogP contribution is 2.30. The Morgan fingerprint density at radius 1 is 1.24 bits per heavy atom. The lowest BCUT2D eigenvalue weighted by atomic mass is 10.0. The predicted molar refractivity (Wildman–Crippen MR) is 106 cm³/mol. The summed E-state index contributed by atoms with van der Waals surface area (Å²) >= 11 is 0. The second-order valence-electron chi connectivity index (χ2n) is 7.24. The van der Waals surface area contributed by atoms with Crippen molar-refractivity contribution >= 4 is 17.3 Å². The number of carbonyl (C=O) groups is 1. The van der Waals surface area contributed by atoms with Crippen LogP contribution < -0.4 is 11.1 Å². The minimum Gasteiger partial charge on any atom is -0.364 e. The monoisotopic (exact) mass is 472 g/mol. The first-order valence-corrected chi connectivity index (χ1v) is 9.50. The van der Waals surface area contributed by atoms with Gasteiger partial charge in [-0.05, 0) is 41.8 Å². The molecule has 4 N–H and O–H groups in total. The largest absolute Gasteiger partial charge is 0.433 e. The summed E-state index contributed by atoms with van der Waals surface area (Å²) in [4.78, 5) is 21.0. The molecular formula is C20H18F6N6O. The van der Waals surface area contributed by atoms with Crippen LogP contribution in [0, 0.1) is 5.41 Å². The van der Waals surface area contributed by atoms with Gasteiger partial charge in [-0.15, -0.1) is 0 Å². The molecule has 0 radical (unpaired) electrons. The first kappa shape index (κ1) is 24.2. The zero-order valence-corrected chi connectivity index (χ0v) is 16.9. The van der Waals surface area contributed by atoms with Gasteiger partial charge in [0.05, 0.1) is 5.69 Å². The van der Waals surface area contributed by atoms with Crippen LogP contribution in [0.4, 0.5) is 32.0 Å². The van der Waals surface area contributed by atoms with E-state index in [4.69, 9.17) is 11.1 Å². The van der Waals surface area contributed by atoms with Crippen LogP contribution in [0.2, 0.25) is 0 Å². The topological polar surface area (TPSA) is 108 Å². The maximum atomic E-state index is 12.9. The number of allylic oxidation sites excluding steroid dienone is 1. The van der Waals surface area contributed by atoms with E-state index in [-0.39, 0.29) is 18.8 Å². The molecule has 2 aromatic heterocycles. The number of nitrogens with zero attached hydrogens (tertiary/aromatic N) is 3. The number of primary amides is 1. The van der Waals surface area contributed by atoms with Crippen molar-refractivity contribution in [2.24, 2.45) is 5.73 Å². The average molecular weight is 472 g/mol. The number of nitrogens with one attached hydrogen (secondary N) is 2. The van der Waals surface area contributed by atoms with Crippen molar-refractivity contribution in [2.75, 3.05) is 11.9 Å². The number of alkyl halides is 6. The molecule has 0 bridgehead atoms. The molecule has 0 aliphatic carbocycles. The maximum Gasteiger partial charge on any atom is 0.433 e. The Balaban J connectivity index is 1.81. The van der Waals surface area contributed by atoms with Gasteiger partial charge in [-0.25, -0.2) is 4.98 Å². The van der Waals surface area contributed by atoms with Gasteiger partial charge >= 0.3 is 12.4 Å². The fourth-order valence-corrected chi connectivity index (χ4v) is 3.28. The Bertz CT molecular complexity index is 1100. The Labute approximate surface area is 183 Å². The van der Waals surface area contributed by atoms with Crippen LogP contribution >= 0.6 is 0 Å². The lowest BCUT2D eigenvalue weighted by molar-refractivity contribution is -0.141. The quantitative estimate of drug-likeness (QED) is 0.439. The highest BCUT2D eigenvalue weighted by Gasteiger charge is 2.33. The van der Waals surface area contributed by atoms with Crippen molar-refractivity contribution in [1.82, 2.24) is 14.9 Å². The number of hydrogen-bond acceptors (Lipinski definition) is 6. The standard InChI is InChI=1S/C20H18F6N6O/c21-19(22,23)16(27)2-5-29-13-8-14(18(28)33)31-15-10-32(6-3-12(13)15)9-11-1-4-30-17(7-11)20(24,25)26/h1-2,4-5,7-8,27H,3,6,9-10H2,(H2,28,33)(H,29,31)/b5-2-,27-16?. The zero-order valence-electron chi connectivity index (χ0n) is 16.9. The van der Waals surface area contributed by atoms with Crippen LogP contribution in [-0.2, 0) is 25.7 Å². The number of halogens is 6. The molecule has 176 valence electrons. The number of nitrogens with two attached hydrogens (primary N) is 1. The van der Waals surface area contributed by atoms with E-state index in [9.17, 15) is 31.1 Å². The molecule has 0 fully saturated rings. The van der Waals surface area contributed by atoms with Crippen LogP contribution in [-0.4, -0.2) is 39.2 Å². The van der Waals surface area contributed by atoms with Crippen molar-refractivity contribution in [2.45, 2.75) is 31.9 Å². The van der Waals surface area contributed by atoms with Gasteiger partial charge in [0.25, 0.3) is 5.91 Å². The summed E-state index contributed by atoms with van der Waals surface area (Å²) in [6.07, 6.45) is -6.46. The number of aromatic nitrogens is 2. The molecule has 0 saturated heterocycles. The minimum absolute atomic E-state index is 0.124. The molecule has 0 atom stereocenters. The number of anilines is 1. The van der Waals surface area contributed by atoms with Crippen molar-refractivity contribution in [3.05, 3.63) is 64.9 Å². The Morgan fingerprint density at radius 3 is 2.61 bits per heavy atom. The number of fused-ring (bicyclic) bond motifs is 1. The summed E-state index contributed by atoms with van der Waals surface area (Å²) in [5.74, 6) is -0.853. The van der Waals surface area contributed by atoms with E-state index >= 15 is 0 Å². The van der Waals surface area contributed by atoms with Crippen molar-refractivity contribution in [3.8, 4) is 0 Å². The van der Waals surface area contributed by atoms with E-state index < -0.39 is 29.7 Å². The molecule has 3 rings (SSSR count). The number of rotatable bonds is 6. The summed E-state index contributed by atoms with van der Waals surface area (Å²) in [5.41, 5.74) is 4.36. The third kappa shape index (κ3) is 6.06. The first-order valence-electron chi connectivity index (χ1n) is 9.50. The normalized spacial score (nSPS) is 14.8. The summed E-state index contributed by atoms with van der Waals surface area (Å²) in [6.45, 7) is 0.765.